The van der Waals surface area contributed by atoms with E-state index in [-0.39, 0.29) is 0 Å². The summed E-state index contributed by atoms with van der Waals surface area (Å²) in [4.78, 5) is 0. The van der Waals surface area contributed by atoms with Gasteiger partial charge in [-0.25, -0.2) is 0 Å². The van der Waals surface area contributed by atoms with Crippen LogP contribution in [-0.2, 0) is 4.74 Å². The third kappa shape index (κ3) is 2.96. The van der Waals surface area contributed by atoms with E-state index < -0.39 is 0 Å². The van der Waals surface area contributed by atoms with Gasteiger partial charge in [-0.15, -0.1) is 0 Å². The maximum Gasteiger partial charge on any atom is 0.0601 e. The molecule has 1 aliphatic carbocycles. The van der Waals surface area contributed by atoms with Crippen LogP contribution in [0.1, 0.15) is 46.5 Å². The van der Waals surface area contributed by atoms with Crippen molar-refractivity contribution in [2.24, 2.45) is 5.92 Å². The van der Waals surface area contributed by atoms with E-state index >= 15 is 0 Å². The van der Waals surface area contributed by atoms with Gasteiger partial charge in [-0.1, -0.05) is 26.7 Å². The molecule has 0 aromatic heterocycles. The Kier molecular flexibility index (Phi) is 4.90. The van der Waals surface area contributed by atoms with Gasteiger partial charge in [-0.3, -0.25) is 0 Å². The van der Waals surface area contributed by atoms with Crippen LogP contribution in [-0.4, -0.2) is 25.3 Å². The van der Waals surface area contributed by atoms with E-state index in [1.54, 1.807) is 0 Å². The Labute approximate surface area is 88.4 Å². The molecule has 2 nitrogen and oxygen atoms in total. The van der Waals surface area contributed by atoms with E-state index in [4.69, 9.17) is 4.74 Å². The Hall–Kier alpha value is -0.0800. The van der Waals surface area contributed by atoms with Crippen LogP contribution in [0.2, 0.25) is 0 Å². The number of rotatable bonds is 6. The zero-order valence-electron chi connectivity index (χ0n) is 10.0. The first-order valence-electron chi connectivity index (χ1n) is 6.00. The lowest BCUT2D eigenvalue weighted by Crippen LogP contribution is -2.50. The van der Waals surface area contributed by atoms with Gasteiger partial charge >= 0.3 is 0 Å². The summed E-state index contributed by atoms with van der Waals surface area (Å²) in [7, 11) is 1.81. The quantitative estimate of drug-likeness (QED) is 0.710. The molecule has 1 saturated carbocycles. The SMILES string of the molecule is CCC(CC)C(C)NC1CC(OC)C1. The summed E-state index contributed by atoms with van der Waals surface area (Å²) in [6, 6.07) is 1.36. The van der Waals surface area contributed by atoms with Gasteiger partial charge in [0, 0.05) is 19.2 Å². The van der Waals surface area contributed by atoms with Crippen molar-refractivity contribution in [3.05, 3.63) is 0 Å². The van der Waals surface area contributed by atoms with Gasteiger partial charge < -0.3 is 10.1 Å². The average Bonchev–Trinajstić information content (AvgIpc) is 2.12. The van der Waals surface area contributed by atoms with Crippen molar-refractivity contribution in [2.75, 3.05) is 7.11 Å². The van der Waals surface area contributed by atoms with Crippen molar-refractivity contribution in [3.8, 4) is 0 Å². The third-order valence-corrected chi connectivity index (χ3v) is 3.68. The minimum absolute atomic E-state index is 0.515. The van der Waals surface area contributed by atoms with Crippen LogP contribution < -0.4 is 5.32 Å². The maximum absolute atomic E-state index is 5.27. The maximum atomic E-state index is 5.27. The topological polar surface area (TPSA) is 21.3 Å². The van der Waals surface area contributed by atoms with Crippen LogP contribution in [0.4, 0.5) is 0 Å². The monoisotopic (exact) mass is 199 g/mol. The molecule has 84 valence electrons. The standard InChI is InChI=1S/C12H25NO/c1-5-10(6-2)9(3)13-11-7-12(8-11)14-4/h9-13H,5-8H2,1-4H3. The molecule has 0 amide bonds. The molecule has 1 aliphatic rings. The molecule has 14 heavy (non-hydrogen) atoms. The molecule has 0 spiro atoms. The van der Waals surface area contributed by atoms with Gasteiger partial charge in [-0.2, -0.15) is 0 Å². The second-order valence-electron chi connectivity index (χ2n) is 4.56. The molecule has 0 aliphatic heterocycles. The number of hydrogen-bond acceptors (Lipinski definition) is 2. The molecule has 1 N–H and O–H groups in total. The smallest absolute Gasteiger partial charge is 0.0601 e. The summed E-state index contributed by atoms with van der Waals surface area (Å²) in [6.07, 6.45) is 5.47. The fourth-order valence-corrected chi connectivity index (χ4v) is 2.40. The first kappa shape index (κ1) is 12.0. The normalized spacial score (nSPS) is 28.9. The molecule has 0 aromatic carbocycles. The van der Waals surface area contributed by atoms with Crippen LogP contribution in [0.25, 0.3) is 0 Å². The third-order valence-electron chi connectivity index (χ3n) is 3.68. The summed E-state index contributed by atoms with van der Waals surface area (Å²) in [5.74, 6) is 0.830. The lowest BCUT2D eigenvalue weighted by Gasteiger charge is -2.38. The Morgan fingerprint density at radius 3 is 2.29 bits per heavy atom. The fraction of sp³-hybridized carbons (Fsp3) is 1.00. The van der Waals surface area contributed by atoms with E-state index in [9.17, 15) is 0 Å². The van der Waals surface area contributed by atoms with Gasteiger partial charge in [0.2, 0.25) is 0 Å². The molecule has 0 bridgehead atoms. The molecule has 0 heterocycles. The number of nitrogens with one attached hydrogen (secondary N) is 1. The van der Waals surface area contributed by atoms with Gasteiger partial charge in [0.05, 0.1) is 6.10 Å². The zero-order chi connectivity index (χ0) is 10.6. The molecule has 2 heteroatoms. The van der Waals surface area contributed by atoms with E-state index in [2.05, 4.69) is 26.1 Å². The summed E-state index contributed by atoms with van der Waals surface area (Å²) < 4.78 is 5.27. The number of hydrogen-bond donors (Lipinski definition) is 1. The second-order valence-corrected chi connectivity index (χ2v) is 4.56. The molecule has 1 unspecified atom stereocenters. The predicted octanol–water partition coefficient (Wildman–Crippen LogP) is 2.58. The van der Waals surface area contributed by atoms with E-state index in [0.717, 1.165) is 5.92 Å². The minimum atomic E-state index is 0.515. The van der Waals surface area contributed by atoms with Crippen molar-refractivity contribution in [1.82, 2.24) is 5.32 Å². The highest BCUT2D eigenvalue weighted by atomic mass is 16.5. The van der Waals surface area contributed by atoms with E-state index in [1.165, 1.54) is 25.7 Å². The van der Waals surface area contributed by atoms with E-state index in [0.29, 0.717) is 18.2 Å². The van der Waals surface area contributed by atoms with Crippen molar-refractivity contribution in [3.63, 3.8) is 0 Å². The Morgan fingerprint density at radius 1 is 1.29 bits per heavy atom. The summed E-state index contributed by atoms with van der Waals surface area (Å²) >= 11 is 0. The fourth-order valence-electron chi connectivity index (χ4n) is 2.40. The molecule has 0 aromatic rings. The Bertz CT molecular complexity index is 150. The first-order valence-corrected chi connectivity index (χ1v) is 6.00. The van der Waals surface area contributed by atoms with Crippen LogP contribution in [0.5, 0.6) is 0 Å². The van der Waals surface area contributed by atoms with Crippen molar-refractivity contribution >= 4 is 0 Å². The zero-order valence-corrected chi connectivity index (χ0v) is 10.0. The van der Waals surface area contributed by atoms with Crippen LogP contribution in [0.15, 0.2) is 0 Å². The highest BCUT2D eigenvalue weighted by Gasteiger charge is 2.30. The Balaban J connectivity index is 2.18. The second kappa shape index (κ2) is 5.72. The van der Waals surface area contributed by atoms with Crippen molar-refractivity contribution in [1.29, 1.82) is 0 Å². The predicted molar refractivity (Wildman–Crippen MR) is 60.5 cm³/mol. The molecular formula is C12H25NO. The lowest BCUT2D eigenvalue weighted by molar-refractivity contribution is 0.0125. The first-order chi connectivity index (χ1) is 6.71. The van der Waals surface area contributed by atoms with Crippen molar-refractivity contribution < 1.29 is 4.74 Å². The average molecular weight is 199 g/mol. The molecule has 0 radical (unpaired) electrons. The highest BCUT2D eigenvalue weighted by molar-refractivity contribution is 4.88. The van der Waals surface area contributed by atoms with Gasteiger partial charge in [-0.05, 0) is 25.7 Å². The van der Waals surface area contributed by atoms with Gasteiger partial charge in [0.25, 0.3) is 0 Å². The largest absolute Gasteiger partial charge is 0.381 e. The molecule has 1 fully saturated rings. The molecule has 1 atom stereocenters. The number of ether oxygens (including phenoxy) is 1. The minimum Gasteiger partial charge on any atom is -0.381 e. The lowest BCUT2D eigenvalue weighted by atomic mass is 9.86. The van der Waals surface area contributed by atoms with Gasteiger partial charge in [0.1, 0.15) is 0 Å². The van der Waals surface area contributed by atoms with E-state index in [1.807, 2.05) is 7.11 Å². The van der Waals surface area contributed by atoms with Crippen molar-refractivity contribution in [2.45, 2.75) is 64.6 Å². The molecule has 0 saturated heterocycles. The van der Waals surface area contributed by atoms with Gasteiger partial charge in [0.15, 0.2) is 0 Å². The summed E-state index contributed by atoms with van der Waals surface area (Å²) in [5.41, 5.74) is 0. The molecular weight excluding hydrogens is 174 g/mol. The molecule has 1 rings (SSSR count). The van der Waals surface area contributed by atoms with Crippen LogP contribution >= 0.6 is 0 Å². The summed E-state index contributed by atoms with van der Waals surface area (Å²) in [5, 5.41) is 3.70. The van der Waals surface area contributed by atoms with Crippen LogP contribution in [0, 0.1) is 5.92 Å². The highest BCUT2D eigenvalue weighted by Crippen LogP contribution is 2.24. The van der Waals surface area contributed by atoms with Crippen LogP contribution in [0.3, 0.4) is 0 Å². The summed E-state index contributed by atoms with van der Waals surface area (Å²) in [6.45, 7) is 6.88. The number of methoxy groups -OCH3 is 1. The Morgan fingerprint density at radius 2 is 1.86 bits per heavy atom.